The Morgan fingerprint density at radius 1 is 0.853 bits per heavy atom. The van der Waals surface area contributed by atoms with Crippen LogP contribution in [0.4, 0.5) is 4.79 Å². The van der Waals surface area contributed by atoms with E-state index in [1.54, 1.807) is 45.0 Å². The average Bonchev–Trinajstić information content (AvgIpc) is 3.01. The molecule has 0 aliphatic carbocycles. The van der Waals surface area contributed by atoms with Crippen molar-refractivity contribution in [1.82, 2.24) is 9.80 Å². The molecule has 1 heterocycles. The molecule has 0 N–H and O–H groups in total. The number of ether oxygens (including phenoxy) is 4. The van der Waals surface area contributed by atoms with E-state index in [1.165, 1.54) is 6.08 Å². The van der Waals surface area contributed by atoms with Crippen molar-refractivity contribution in [2.45, 2.75) is 27.2 Å². The Balaban J connectivity index is 2.20. The molecule has 11 nitrogen and oxygen atoms in total. The summed E-state index contributed by atoms with van der Waals surface area (Å²) in [6.45, 7) is 4.08. The lowest BCUT2D eigenvalue weighted by molar-refractivity contribution is -0.146. The molecule has 0 spiro atoms. The second-order valence-electron chi connectivity index (χ2n) is 6.90. The molecule has 1 aromatic carbocycles. The molecule has 1 aromatic rings. The Morgan fingerprint density at radius 2 is 1.44 bits per heavy atom. The summed E-state index contributed by atoms with van der Waals surface area (Å²) >= 11 is 0. The van der Waals surface area contributed by atoms with Crippen LogP contribution in [0, 0.1) is 0 Å². The minimum atomic E-state index is -0.816. The smallest absolute Gasteiger partial charge is 0.344 e. The van der Waals surface area contributed by atoms with Gasteiger partial charge in [0.2, 0.25) is 0 Å². The molecule has 0 saturated carbocycles. The fraction of sp³-hybridized carbons (Fsp3) is 0.435. The maximum Gasteiger partial charge on any atom is 0.344 e. The van der Waals surface area contributed by atoms with Crippen LogP contribution in [0.2, 0.25) is 0 Å². The zero-order valence-corrected chi connectivity index (χ0v) is 19.4. The van der Waals surface area contributed by atoms with Crippen molar-refractivity contribution in [2.24, 2.45) is 0 Å². The van der Waals surface area contributed by atoms with Crippen molar-refractivity contribution in [3.63, 3.8) is 0 Å². The van der Waals surface area contributed by atoms with Crippen LogP contribution in [-0.2, 0) is 39.8 Å². The van der Waals surface area contributed by atoms with Crippen LogP contribution < -0.4 is 4.74 Å². The lowest BCUT2D eigenvalue weighted by Crippen LogP contribution is -2.39. The minimum absolute atomic E-state index is 0.0554. The van der Waals surface area contributed by atoms with Crippen molar-refractivity contribution < 1.29 is 42.9 Å². The molecule has 11 heteroatoms. The number of carbonyl (C=O) groups is 5. The quantitative estimate of drug-likeness (QED) is 0.190. The number of imide groups is 1. The SMILES string of the molecule is CCOC(=O)COc1cccc(C/C=C2/C(=O)N(CC(=O)OCC)C(=O)N2CC(=O)OCC)c1. The predicted octanol–water partition coefficient (Wildman–Crippen LogP) is 1.45. The standard InChI is InChI=1S/C23H28N2O9/c1-4-31-19(26)13-24-18(22(29)25(23(24)30)14-20(27)32-5-2)11-10-16-8-7-9-17(12-16)34-15-21(28)33-6-3/h7-9,11-12H,4-6,10,13-15H2,1-3H3/b18-11-. The Bertz CT molecular complexity index is 958. The molecular formula is C23H28N2O9. The van der Waals surface area contributed by atoms with Crippen molar-refractivity contribution >= 4 is 29.8 Å². The number of rotatable bonds is 12. The van der Waals surface area contributed by atoms with E-state index in [0.717, 1.165) is 9.80 Å². The lowest BCUT2D eigenvalue weighted by Gasteiger charge is -2.16. The summed E-state index contributed by atoms with van der Waals surface area (Å²) in [4.78, 5) is 62.7. The summed E-state index contributed by atoms with van der Waals surface area (Å²) in [5.41, 5.74) is 0.661. The van der Waals surface area contributed by atoms with Gasteiger partial charge in [0.05, 0.1) is 19.8 Å². The van der Waals surface area contributed by atoms with E-state index in [-0.39, 0.29) is 38.5 Å². The first-order valence-electron chi connectivity index (χ1n) is 10.8. The summed E-state index contributed by atoms with van der Waals surface area (Å²) in [5.74, 6) is -2.24. The normalized spacial score (nSPS) is 14.4. The third-order valence-corrected chi connectivity index (χ3v) is 4.49. The number of nitrogens with zero attached hydrogens (tertiary/aromatic N) is 2. The molecule has 2 rings (SSSR count). The highest BCUT2D eigenvalue weighted by molar-refractivity contribution is 6.13. The Kier molecular flexibility index (Phi) is 10.1. The van der Waals surface area contributed by atoms with Crippen LogP contribution in [-0.4, -0.2) is 79.2 Å². The average molecular weight is 476 g/mol. The van der Waals surface area contributed by atoms with Crippen molar-refractivity contribution in [1.29, 1.82) is 0 Å². The Morgan fingerprint density at radius 3 is 2.06 bits per heavy atom. The summed E-state index contributed by atoms with van der Waals surface area (Å²) in [6, 6.07) is 5.99. The first kappa shape index (κ1) is 26.4. The maximum absolute atomic E-state index is 12.9. The van der Waals surface area contributed by atoms with Crippen LogP contribution >= 0.6 is 0 Å². The predicted molar refractivity (Wildman–Crippen MR) is 117 cm³/mol. The number of hydrogen-bond acceptors (Lipinski definition) is 9. The molecule has 3 amide bonds. The minimum Gasteiger partial charge on any atom is -0.482 e. The van der Waals surface area contributed by atoms with Crippen LogP contribution in [0.25, 0.3) is 0 Å². The fourth-order valence-corrected chi connectivity index (χ4v) is 3.07. The molecule has 0 unspecified atom stereocenters. The van der Waals surface area contributed by atoms with Gasteiger partial charge in [-0.2, -0.15) is 0 Å². The molecule has 0 bridgehead atoms. The highest BCUT2D eigenvalue weighted by atomic mass is 16.6. The first-order chi connectivity index (χ1) is 16.3. The van der Waals surface area contributed by atoms with Gasteiger partial charge in [-0.3, -0.25) is 19.3 Å². The highest BCUT2D eigenvalue weighted by Crippen LogP contribution is 2.23. The molecule has 0 aromatic heterocycles. The third-order valence-electron chi connectivity index (χ3n) is 4.49. The monoisotopic (exact) mass is 476 g/mol. The van der Waals surface area contributed by atoms with Gasteiger partial charge in [0.15, 0.2) is 6.61 Å². The van der Waals surface area contributed by atoms with E-state index in [4.69, 9.17) is 18.9 Å². The number of benzene rings is 1. The maximum atomic E-state index is 12.9. The zero-order valence-electron chi connectivity index (χ0n) is 19.4. The van der Waals surface area contributed by atoms with Crippen LogP contribution in [0.15, 0.2) is 36.0 Å². The lowest BCUT2D eigenvalue weighted by atomic mass is 10.1. The van der Waals surface area contributed by atoms with Gasteiger partial charge in [0.1, 0.15) is 24.5 Å². The largest absolute Gasteiger partial charge is 0.482 e. The first-order valence-corrected chi connectivity index (χ1v) is 10.8. The van der Waals surface area contributed by atoms with E-state index in [9.17, 15) is 24.0 Å². The van der Waals surface area contributed by atoms with Gasteiger partial charge in [0, 0.05) is 0 Å². The van der Waals surface area contributed by atoms with Gasteiger partial charge in [-0.1, -0.05) is 18.2 Å². The van der Waals surface area contributed by atoms with Gasteiger partial charge in [-0.15, -0.1) is 0 Å². The molecule has 0 atom stereocenters. The van der Waals surface area contributed by atoms with Gasteiger partial charge >= 0.3 is 23.9 Å². The van der Waals surface area contributed by atoms with E-state index in [1.807, 2.05) is 0 Å². The highest BCUT2D eigenvalue weighted by Gasteiger charge is 2.43. The van der Waals surface area contributed by atoms with Crippen molar-refractivity contribution in [3.8, 4) is 5.75 Å². The van der Waals surface area contributed by atoms with Gasteiger partial charge in [0.25, 0.3) is 5.91 Å². The van der Waals surface area contributed by atoms with Gasteiger partial charge < -0.3 is 18.9 Å². The van der Waals surface area contributed by atoms with E-state index >= 15 is 0 Å². The topological polar surface area (TPSA) is 129 Å². The second kappa shape index (κ2) is 13.0. The number of amides is 3. The summed E-state index contributed by atoms with van der Waals surface area (Å²) in [6.07, 6.45) is 1.69. The fourth-order valence-electron chi connectivity index (χ4n) is 3.07. The molecule has 34 heavy (non-hydrogen) atoms. The Hall–Kier alpha value is -3.89. The Labute approximate surface area is 197 Å². The second-order valence-corrected chi connectivity index (χ2v) is 6.90. The molecule has 0 radical (unpaired) electrons. The van der Waals surface area contributed by atoms with Crippen LogP contribution in [0.3, 0.4) is 0 Å². The molecule has 1 aliphatic rings. The number of urea groups is 1. The van der Waals surface area contributed by atoms with Gasteiger partial charge in [-0.05, 0) is 44.9 Å². The van der Waals surface area contributed by atoms with Crippen molar-refractivity contribution in [3.05, 3.63) is 41.6 Å². The summed E-state index contributed by atoms with van der Waals surface area (Å²) < 4.78 is 20.0. The number of carbonyl (C=O) groups excluding carboxylic acids is 5. The van der Waals surface area contributed by atoms with E-state index in [2.05, 4.69) is 0 Å². The van der Waals surface area contributed by atoms with E-state index in [0.29, 0.717) is 11.3 Å². The molecule has 1 saturated heterocycles. The summed E-state index contributed by atoms with van der Waals surface area (Å²) in [5, 5.41) is 0. The molecule has 1 fully saturated rings. The molecule has 1 aliphatic heterocycles. The number of hydrogen-bond donors (Lipinski definition) is 0. The van der Waals surface area contributed by atoms with Crippen LogP contribution in [0.1, 0.15) is 26.3 Å². The van der Waals surface area contributed by atoms with Crippen LogP contribution in [0.5, 0.6) is 5.75 Å². The van der Waals surface area contributed by atoms with Crippen molar-refractivity contribution in [2.75, 3.05) is 39.5 Å². The number of allylic oxidation sites excluding steroid dienone is 1. The molecule has 184 valence electrons. The zero-order chi connectivity index (χ0) is 25.1. The number of esters is 3. The third kappa shape index (κ3) is 7.32. The van der Waals surface area contributed by atoms with Gasteiger partial charge in [-0.25, -0.2) is 14.5 Å². The molecular weight excluding hydrogens is 448 g/mol. The van der Waals surface area contributed by atoms with E-state index < -0.39 is 42.9 Å². The summed E-state index contributed by atoms with van der Waals surface area (Å²) in [7, 11) is 0.